The summed E-state index contributed by atoms with van der Waals surface area (Å²) in [5.74, 6) is -0.219. The van der Waals surface area contributed by atoms with Gasteiger partial charge in [-0.3, -0.25) is 9.59 Å². The monoisotopic (exact) mass is 354 g/mol. The molecule has 1 N–H and O–H groups in total. The Hall–Kier alpha value is -3.42. The molecule has 3 aromatic rings. The van der Waals surface area contributed by atoms with Crippen molar-refractivity contribution in [1.82, 2.24) is 20.3 Å². The maximum Gasteiger partial charge on any atom is 0.328 e. The molecule has 0 aliphatic rings. The minimum Gasteiger partial charge on any atom is -0.492 e. The zero-order valence-electron chi connectivity index (χ0n) is 14.0. The summed E-state index contributed by atoms with van der Waals surface area (Å²) in [6.07, 6.45) is 0. The highest BCUT2D eigenvalue weighted by molar-refractivity contribution is 5.81. The van der Waals surface area contributed by atoms with Crippen LogP contribution in [-0.4, -0.2) is 46.6 Å². The Labute approximate surface area is 149 Å². The van der Waals surface area contributed by atoms with Crippen LogP contribution in [0.5, 0.6) is 5.75 Å². The van der Waals surface area contributed by atoms with Crippen molar-refractivity contribution in [2.45, 2.75) is 6.54 Å². The Balaban J connectivity index is 1.35. The predicted octanol–water partition coefficient (Wildman–Crippen LogP) is 1.17. The molecule has 1 heterocycles. The number of carbonyl (C=O) groups excluding carboxylic acids is 2. The van der Waals surface area contributed by atoms with Gasteiger partial charge in [0.2, 0.25) is 0 Å². The first-order chi connectivity index (χ1) is 12.7. The Kier molecular flexibility index (Phi) is 5.76. The van der Waals surface area contributed by atoms with E-state index in [2.05, 4.69) is 15.6 Å². The van der Waals surface area contributed by atoms with Gasteiger partial charge in [-0.1, -0.05) is 35.5 Å². The molecule has 3 rings (SSSR count). The summed E-state index contributed by atoms with van der Waals surface area (Å²) in [4.78, 5) is 23.6. The molecule has 0 spiro atoms. The van der Waals surface area contributed by atoms with Crippen LogP contribution >= 0.6 is 0 Å². The van der Waals surface area contributed by atoms with Crippen LogP contribution in [0.1, 0.15) is 0 Å². The molecule has 1 amide bonds. The van der Waals surface area contributed by atoms with Crippen molar-refractivity contribution < 1.29 is 19.1 Å². The van der Waals surface area contributed by atoms with Crippen LogP contribution in [0.4, 0.5) is 0 Å². The van der Waals surface area contributed by atoms with E-state index in [-0.39, 0.29) is 13.2 Å². The first-order valence-electron chi connectivity index (χ1n) is 8.11. The third-order valence-corrected chi connectivity index (χ3v) is 3.50. The summed E-state index contributed by atoms with van der Waals surface area (Å²) < 4.78 is 11.8. The SMILES string of the molecule is O=C(COC(=O)Cn1nnc2ccccc21)NCCOc1ccccc1. The van der Waals surface area contributed by atoms with Gasteiger partial charge in [-0.15, -0.1) is 5.10 Å². The fourth-order valence-electron chi connectivity index (χ4n) is 2.28. The number of para-hydroxylation sites is 2. The Bertz CT molecular complexity index is 879. The first-order valence-corrected chi connectivity index (χ1v) is 8.11. The molecule has 0 aliphatic heterocycles. The van der Waals surface area contributed by atoms with E-state index in [1.54, 1.807) is 6.07 Å². The van der Waals surface area contributed by atoms with Crippen LogP contribution in [0, 0.1) is 0 Å². The number of benzene rings is 2. The molecule has 2 aromatic carbocycles. The number of fused-ring (bicyclic) bond motifs is 1. The summed E-state index contributed by atoms with van der Waals surface area (Å²) in [5, 5.41) is 10.5. The fraction of sp³-hybridized carbons (Fsp3) is 0.222. The molecule has 0 saturated carbocycles. The standard InChI is InChI=1S/C18H18N4O4/c23-17(19-10-11-25-14-6-2-1-3-7-14)13-26-18(24)12-22-16-9-5-4-8-15(16)20-21-22/h1-9H,10-13H2,(H,19,23). The molecule has 0 saturated heterocycles. The number of nitrogens with one attached hydrogen (secondary N) is 1. The lowest BCUT2D eigenvalue weighted by molar-refractivity contribution is -0.149. The molecule has 0 bridgehead atoms. The minimum absolute atomic E-state index is 0.106. The van der Waals surface area contributed by atoms with Crippen LogP contribution in [0.15, 0.2) is 54.6 Å². The summed E-state index contributed by atoms with van der Waals surface area (Å²) in [5.41, 5.74) is 1.42. The molecule has 8 nitrogen and oxygen atoms in total. The van der Waals surface area contributed by atoms with Gasteiger partial charge in [0.15, 0.2) is 6.61 Å². The van der Waals surface area contributed by atoms with Gasteiger partial charge in [-0.2, -0.15) is 0 Å². The van der Waals surface area contributed by atoms with E-state index in [4.69, 9.17) is 9.47 Å². The maximum atomic E-state index is 11.9. The Morgan fingerprint density at radius 3 is 2.65 bits per heavy atom. The maximum absolute atomic E-state index is 11.9. The fourth-order valence-corrected chi connectivity index (χ4v) is 2.28. The lowest BCUT2D eigenvalue weighted by atomic mass is 10.3. The summed E-state index contributed by atoms with van der Waals surface area (Å²) in [6, 6.07) is 16.6. The van der Waals surface area contributed by atoms with Crippen molar-refractivity contribution >= 4 is 22.9 Å². The molecule has 134 valence electrons. The van der Waals surface area contributed by atoms with Gasteiger partial charge in [0.1, 0.15) is 24.4 Å². The van der Waals surface area contributed by atoms with E-state index < -0.39 is 11.9 Å². The zero-order valence-corrected chi connectivity index (χ0v) is 14.0. The second kappa shape index (κ2) is 8.61. The van der Waals surface area contributed by atoms with Crippen LogP contribution < -0.4 is 10.1 Å². The van der Waals surface area contributed by atoms with E-state index in [1.165, 1.54) is 4.68 Å². The number of esters is 1. The summed E-state index contributed by atoms with van der Waals surface area (Å²) in [7, 11) is 0. The lowest BCUT2D eigenvalue weighted by Crippen LogP contribution is -2.32. The van der Waals surface area contributed by atoms with Crippen LogP contribution in [-0.2, 0) is 20.9 Å². The number of carbonyl (C=O) groups is 2. The Morgan fingerprint density at radius 1 is 1.04 bits per heavy atom. The van der Waals surface area contributed by atoms with Crippen molar-refractivity contribution in [2.75, 3.05) is 19.8 Å². The third-order valence-electron chi connectivity index (χ3n) is 3.50. The largest absolute Gasteiger partial charge is 0.492 e. The highest BCUT2D eigenvalue weighted by atomic mass is 16.5. The predicted molar refractivity (Wildman–Crippen MR) is 93.4 cm³/mol. The van der Waals surface area contributed by atoms with Gasteiger partial charge in [0, 0.05) is 0 Å². The average molecular weight is 354 g/mol. The van der Waals surface area contributed by atoms with Crippen molar-refractivity contribution in [3.8, 4) is 5.75 Å². The molecule has 0 unspecified atom stereocenters. The number of ether oxygens (including phenoxy) is 2. The molecule has 8 heteroatoms. The summed E-state index contributed by atoms with van der Waals surface area (Å²) >= 11 is 0. The quantitative estimate of drug-likeness (QED) is 0.482. The number of amides is 1. The van der Waals surface area contributed by atoms with E-state index in [1.807, 2.05) is 48.5 Å². The van der Waals surface area contributed by atoms with E-state index in [0.717, 1.165) is 11.3 Å². The highest BCUT2D eigenvalue weighted by Crippen LogP contribution is 2.09. The van der Waals surface area contributed by atoms with Gasteiger partial charge in [0.25, 0.3) is 5.91 Å². The van der Waals surface area contributed by atoms with Crippen molar-refractivity contribution in [3.05, 3.63) is 54.6 Å². The van der Waals surface area contributed by atoms with Gasteiger partial charge < -0.3 is 14.8 Å². The first kappa shape index (κ1) is 17.4. The number of aromatic nitrogens is 3. The van der Waals surface area contributed by atoms with Crippen LogP contribution in [0.3, 0.4) is 0 Å². The second-order valence-electron chi connectivity index (χ2n) is 5.41. The lowest BCUT2D eigenvalue weighted by Gasteiger charge is -2.08. The van der Waals surface area contributed by atoms with Gasteiger partial charge in [-0.05, 0) is 24.3 Å². The number of hydrogen-bond donors (Lipinski definition) is 1. The molecule has 1 aromatic heterocycles. The van der Waals surface area contributed by atoms with E-state index in [0.29, 0.717) is 18.7 Å². The average Bonchev–Trinajstić information content (AvgIpc) is 3.07. The molecule has 26 heavy (non-hydrogen) atoms. The van der Waals surface area contributed by atoms with Crippen molar-refractivity contribution in [3.63, 3.8) is 0 Å². The van der Waals surface area contributed by atoms with Crippen molar-refractivity contribution in [1.29, 1.82) is 0 Å². The molecule has 0 fully saturated rings. The zero-order chi connectivity index (χ0) is 18.2. The minimum atomic E-state index is -0.559. The Morgan fingerprint density at radius 2 is 1.81 bits per heavy atom. The normalized spacial score (nSPS) is 10.5. The van der Waals surface area contributed by atoms with Gasteiger partial charge in [-0.25, -0.2) is 4.68 Å². The number of nitrogens with zero attached hydrogens (tertiary/aromatic N) is 3. The topological polar surface area (TPSA) is 95.3 Å². The van der Waals surface area contributed by atoms with Crippen LogP contribution in [0.2, 0.25) is 0 Å². The number of hydrogen-bond acceptors (Lipinski definition) is 6. The van der Waals surface area contributed by atoms with Crippen LogP contribution in [0.25, 0.3) is 11.0 Å². The van der Waals surface area contributed by atoms with Gasteiger partial charge >= 0.3 is 5.97 Å². The van der Waals surface area contributed by atoms with Gasteiger partial charge in [0.05, 0.1) is 12.1 Å². The molecular formula is C18H18N4O4. The second-order valence-corrected chi connectivity index (χ2v) is 5.41. The van der Waals surface area contributed by atoms with E-state index in [9.17, 15) is 9.59 Å². The summed E-state index contributed by atoms with van der Waals surface area (Å²) in [6.45, 7) is 0.190. The van der Waals surface area contributed by atoms with Crippen molar-refractivity contribution in [2.24, 2.45) is 0 Å². The smallest absolute Gasteiger partial charge is 0.328 e. The molecule has 0 radical (unpaired) electrons. The third kappa shape index (κ3) is 4.79. The molecule has 0 atom stereocenters. The highest BCUT2D eigenvalue weighted by Gasteiger charge is 2.11. The molecule has 0 aliphatic carbocycles. The molecular weight excluding hydrogens is 336 g/mol. The van der Waals surface area contributed by atoms with E-state index >= 15 is 0 Å². The number of rotatable bonds is 8.